The molecule has 1 aromatic rings. The lowest BCUT2D eigenvalue weighted by Gasteiger charge is -2.35. The average Bonchev–Trinajstić information content (AvgIpc) is 2.69. The largest absolute Gasteiger partial charge is 0.375 e. The minimum atomic E-state index is 0.539. The first kappa shape index (κ1) is 11.2. The van der Waals surface area contributed by atoms with Crippen LogP contribution < -0.4 is 0 Å². The summed E-state index contributed by atoms with van der Waals surface area (Å²) in [6.07, 6.45) is 6.08. The van der Waals surface area contributed by atoms with Gasteiger partial charge in [0, 0.05) is 12.6 Å². The predicted molar refractivity (Wildman–Crippen MR) is 68.8 cm³/mol. The Kier molecular flexibility index (Phi) is 3.17. The van der Waals surface area contributed by atoms with Gasteiger partial charge in [0.15, 0.2) is 0 Å². The van der Waals surface area contributed by atoms with E-state index in [1.807, 2.05) is 0 Å². The van der Waals surface area contributed by atoms with Gasteiger partial charge in [-0.3, -0.25) is 4.90 Å². The minimum Gasteiger partial charge on any atom is -0.375 e. The van der Waals surface area contributed by atoms with E-state index >= 15 is 0 Å². The summed E-state index contributed by atoms with van der Waals surface area (Å²) in [4.78, 5) is 2.50. The van der Waals surface area contributed by atoms with Crippen LogP contribution in [-0.2, 0) is 11.3 Å². The molecule has 0 amide bonds. The topological polar surface area (TPSA) is 12.5 Å². The van der Waals surface area contributed by atoms with E-state index in [1.54, 1.807) is 0 Å². The van der Waals surface area contributed by atoms with E-state index in [4.69, 9.17) is 4.74 Å². The maximum Gasteiger partial charge on any atom is 0.0594 e. The summed E-state index contributed by atoms with van der Waals surface area (Å²) in [7, 11) is 2.25. The second kappa shape index (κ2) is 4.79. The summed E-state index contributed by atoms with van der Waals surface area (Å²) >= 11 is 0. The molecule has 2 nitrogen and oxygen atoms in total. The van der Waals surface area contributed by atoms with Crippen molar-refractivity contribution in [3.63, 3.8) is 0 Å². The van der Waals surface area contributed by atoms with E-state index in [2.05, 4.69) is 42.3 Å². The zero-order valence-corrected chi connectivity index (χ0v) is 10.5. The van der Waals surface area contributed by atoms with Crippen LogP contribution >= 0.6 is 0 Å². The molecule has 1 aromatic carbocycles. The molecule has 2 saturated heterocycles. The van der Waals surface area contributed by atoms with Gasteiger partial charge in [-0.1, -0.05) is 30.3 Å². The first-order chi connectivity index (χ1) is 8.31. The number of benzene rings is 1. The summed E-state index contributed by atoms with van der Waals surface area (Å²) < 4.78 is 5.90. The Labute approximate surface area is 104 Å². The van der Waals surface area contributed by atoms with E-state index < -0.39 is 0 Å². The Balaban J connectivity index is 1.61. The predicted octanol–water partition coefficient (Wildman–Crippen LogP) is 2.83. The summed E-state index contributed by atoms with van der Waals surface area (Å²) in [5.41, 5.74) is 1.41. The van der Waals surface area contributed by atoms with Crippen LogP contribution in [0.3, 0.4) is 0 Å². The van der Waals surface area contributed by atoms with Crippen LogP contribution in [0.4, 0.5) is 0 Å². The van der Waals surface area contributed by atoms with Crippen LogP contribution in [0.25, 0.3) is 0 Å². The molecule has 0 saturated carbocycles. The third-order valence-corrected chi connectivity index (χ3v) is 4.16. The van der Waals surface area contributed by atoms with E-state index in [1.165, 1.54) is 31.2 Å². The van der Waals surface area contributed by atoms with Gasteiger partial charge < -0.3 is 4.74 Å². The number of nitrogens with zero attached hydrogens (tertiary/aromatic N) is 1. The van der Waals surface area contributed by atoms with Crippen molar-refractivity contribution in [2.75, 3.05) is 7.05 Å². The molecule has 3 rings (SSSR count). The molecule has 2 atom stereocenters. The highest BCUT2D eigenvalue weighted by atomic mass is 16.5. The fourth-order valence-corrected chi connectivity index (χ4v) is 3.19. The van der Waals surface area contributed by atoms with Gasteiger partial charge in [-0.2, -0.15) is 0 Å². The highest BCUT2D eigenvalue weighted by Gasteiger charge is 2.36. The van der Waals surface area contributed by atoms with Gasteiger partial charge >= 0.3 is 0 Å². The van der Waals surface area contributed by atoms with Gasteiger partial charge in [-0.15, -0.1) is 0 Å². The van der Waals surface area contributed by atoms with Gasteiger partial charge in [0.25, 0.3) is 0 Å². The van der Waals surface area contributed by atoms with Crippen LogP contribution in [0, 0.1) is 0 Å². The van der Waals surface area contributed by atoms with Crippen molar-refractivity contribution in [3.8, 4) is 0 Å². The van der Waals surface area contributed by atoms with Crippen LogP contribution in [-0.4, -0.2) is 30.2 Å². The Morgan fingerprint density at radius 2 is 1.76 bits per heavy atom. The number of ether oxygens (including phenoxy) is 1. The maximum absolute atomic E-state index is 5.90. The lowest BCUT2D eigenvalue weighted by atomic mass is 10.0. The Bertz CT molecular complexity index is 352. The molecular weight excluding hydrogens is 210 g/mol. The standard InChI is InChI=1S/C15H21NO/c1-16(11-12-5-3-2-4-6-12)13-9-14-7-8-15(10-13)17-14/h2-6,13-15H,7-11H2,1H3. The van der Waals surface area contributed by atoms with Crippen LogP contribution in [0.1, 0.15) is 31.2 Å². The molecule has 0 N–H and O–H groups in total. The van der Waals surface area contributed by atoms with Crippen LogP contribution in [0.15, 0.2) is 30.3 Å². The molecule has 0 radical (unpaired) electrons. The van der Waals surface area contributed by atoms with Crippen molar-refractivity contribution in [2.24, 2.45) is 0 Å². The molecule has 2 heterocycles. The quantitative estimate of drug-likeness (QED) is 0.793. The Morgan fingerprint density at radius 3 is 2.41 bits per heavy atom. The lowest BCUT2D eigenvalue weighted by Crippen LogP contribution is -2.39. The zero-order valence-electron chi connectivity index (χ0n) is 10.5. The van der Waals surface area contributed by atoms with Crippen molar-refractivity contribution in [1.29, 1.82) is 0 Å². The fraction of sp³-hybridized carbons (Fsp3) is 0.600. The average molecular weight is 231 g/mol. The van der Waals surface area contributed by atoms with Gasteiger partial charge in [0.05, 0.1) is 12.2 Å². The van der Waals surface area contributed by atoms with Crippen molar-refractivity contribution < 1.29 is 4.74 Å². The first-order valence-electron chi connectivity index (χ1n) is 6.71. The smallest absolute Gasteiger partial charge is 0.0594 e. The molecule has 2 bridgehead atoms. The summed E-state index contributed by atoms with van der Waals surface area (Å²) in [6, 6.07) is 11.5. The van der Waals surface area contributed by atoms with Crippen molar-refractivity contribution >= 4 is 0 Å². The normalized spacial score (nSPS) is 32.0. The summed E-state index contributed by atoms with van der Waals surface area (Å²) in [5, 5.41) is 0. The second-order valence-corrected chi connectivity index (χ2v) is 5.48. The van der Waals surface area contributed by atoms with Gasteiger partial charge in [-0.25, -0.2) is 0 Å². The van der Waals surface area contributed by atoms with Gasteiger partial charge in [-0.05, 0) is 38.3 Å². The monoisotopic (exact) mass is 231 g/mol. The van der Waals surface area contributed by atoms with E-state index in [0.717, 1.165) is 6.54 Å². The Hall–Kier alpha value is -0.860. The molecular formula is C15H21NO. The Morgan fingerprint density at radius 1 is 1.12 bits per heavy atom. The van der Waals surface area contributed by atoms with Crippen LogP contribution in [0.5, 0.6) is 0 Å². The fourth-order valence-electron chi connectivity index (χ4n) is 3.19. The molecule has 0 aliphatic carbocycles. The zero-order chi connectivity index (χ0) is 11.7. The maximum atomic E-state index is 5.90. The molecule has 2 aliphatic rings. The molecule has 17 heavy (non-hydrogen) atoms. The molecule has 0 spiro atoms. The third-order valence-electron chi connectivity index (χ3n) is 4.16. The second-order valence-electron chi connectivity index (χ2n) is 5.48. The molecule has 0 aromatic heterocycles. The summed E-state index contributed by atoms with van der Waals surface area (Å²) in [6.45, 7) is 1.06. The molecule has 2 unspecified atom stereocenters. The van der Waals surface area contributed by atoms with Gasteiger partial charge in [0.2, 0.25) is 0 Å². The number of hydrogen-bond acceptors (Lipinski definition) is 2. The van der Waals surface area contributed by atoms with E-state index in [9.17, 15) is 0 Å². The molecule has 2 fully saturated rings. The SMILES string of the molecule is CN(Cc1ccccc1)C1CC2CCC(C1)O2. The van der Waals surface area contributed by atoms with Crippen molar-refractivity contribution in [3.05, 3.63) is 35.9 Å². The molecule has 92 valence electrons. The van der Waals surface area contributed by atoms with Gasteiger partial charge in [0.1, 0.15) is 0 Å². The lowest BCUT2D eigenvalue weighted by molar-refractivity contribution is -0.0328. The highest BCUT2D eigenvalue weighted by molar-refractivity contribution is 5.14. The molecule has 2 aliphatic heterocycles. The minimum absolute atomic E-state index is 0.539. The summed E-state index contributed by atoms with van der Waals surface area (Å²) in [5.74, 6) is 0. The van der Waals surface area contributed by atoms with E-state index in [0.29, 0.717) is 18.2 Å². The number of rotatable bonds is 3. The molecule has 2 heteroatoms. The van der Waals surface area contributed by atoms with Crippen molar-refractivity contribution in [1.82, 2.24) is 4.90 Å². The van der Waals surface area contributed by atoms with Crippen LogP contribution in [0.2, 0.25) is 0 Å². The third kappa shape index (κ3) is 2.53. The van der Waals surface area contributed by atoms with Crippen molar-refractivity contribution in [2.45, 2.75) is 50.5 Å². The number of fused-ring (bicyclic) bond motifs is 2. The van der Waals surface area contributed by atoms with E-state index in [-0.39, 0.29) is 0 Å². The first-order valence-corrected chi connectivity index (χ1v) is 6.71. The number of hydrogen-bond donors (Lipinski definition) is 0. The highest BCUT2D eigenvalue weighted by Crippen LogP contribution is 2.34.